The van der Waals surface area contributed by atoms with E-state index in [2.05, 4.69) is 0 Å². The first-order chi connectivity index (χ1) is 9.83. The lowest BCUT2D eigenvalue weighted by atomic mass is 10.00. The van der Waals surface area contributed by atoms with Gasteiger partial charge in [-0.15, -0.1) is 0 Å². The Balaban J connectivity index is 2.20. The fourth-order valence-corrected chi connectivity index (χ4v) is 2.10. The van der Waals surface area contributed by atoms with Crippen LogP contribution in [0.5, 0.6) is 0 Å². The van der Waals surface area contributed by atoms with Crippen molar-refractivity contribution in [3.05, 3.63) is 59.7 Å². The van der Waals surface area contributed by atoms with Gasteiger partial charge in [0, 0.05) is 6.42 Å². The summed E-state index contributed by atoms with van der Waals surface area (Å²) in [6.07, 6.45) is -7.97. The van der Waals surface area contributed by atoms with Gasteiger partial charge in [-0.25, -0.2) is 8.78 Å². The zero-order valence-electron chi connectivity index (χ0n) is 11.0. The Hall–Kier alpha value is -1.91. The predicted molar refractivity (Wildman–Crippen MR) is 71.3 cm³/mol. The van der Waals surface area contributed by atoms with Crippen LogP contribution in [0.25, 0.3) is 11.1 Å². The van der Waals surface area contributed by atoms with Gasteiger partial charge in [0.2, 0.25) is 6.43 Å². The molecule has 0 radical (unpaired) electrons. The van der Waals surface area contributed by atoms with Crippen molar-refractivity contribution in [2.45, 2.75) is 25.4 Å². The molecular weight excluding hydrogens is 287 g/mol. The Morgan fingerprint density at radius 1 is 0.810 bits per heavy atom. The summed E-state index contributed by atoms with van der Waals surface area (Å²) < 4.78 is 61.6. The van der Waals surface area contributed by atoms with Gasteiger partial charge in [0.25, 0.3) is 0 Å². The first-order valence-electron chi connectivity index (χ1n) is 6.37. The molecule has 0 N–H and O–H groups in total. The van der Waals surface area contributed by atoms with Crippen molar-refractivity contribution < 1.29 is 22.0 Å². The Labute approximate surface area is 119 Å². The van der Waals surface area contributed by atoms with Gasteiger partial charge in [0.15, 0.2) is 0 Å². The van der Waals surface area contributed by atoms with Crippen LogP contribution < -0.4 is 0 Å². The van der Waals surface area contributed by atoms with Gasteiger partial charge in [-0.3, -0.25) is 0 Å². The van der Waals surface area contributed by atoms with Crippen molar-refractivity contribution in [1.29, 1.82) is 0 Å². The Morgan fingerprint density at radius 3 is 2.05 bits per heavy atom. The fourth-order valence-electron chi connectivity index (χ4n) is 2.10. The van der Waals surface area contributed by atoms with Crippen molar-refractivity contribution in [1.82, 2.24) is 0 Å². The monoisotopic (exact) mass is 300 g/mol. The molecule has 2 rings (SSSR count). The molecule has 0 saturated carbocycles. The summed E-state index contributed by atoms with van der Waals surface area (Å²) in [7, 11) is 0. The minimum absolute atomic E-state index is 0.177. The molecule has 0 amide bonds. The highest BCUT2D eigenvalue weighted by Gasteiger charge is 2.27. The molecule has 21 heavy (non-hydrogen) atoms. The largest absolute Gasteiger partial charge is 0.393 e. The maximum absolute atomic E-state index is 12.4. The second-order valence-corrected chi connectivity index (χ2v) is 4.78. The lowest BCUT2D eigenvalue weighted by Crippen LogP contribution is -2.11. The first kappa shape index (κ1) is 15.5. The van der Waals surface area contributed by atoms with Crippen LogP contribution in [-0.2, 0) is 12.8 Å². The predicted octanol–water partition coefficient (Wildman–Crippen LogP) is 5.27. The van der Waals surface area contributed by atoms with Crippen LogP contribution in [0, 0.1) is 0 Å². The van der Waals surface area contributed by atoms with Gasteiger partial charge in [0.1, 0.15) is 0 Å². The van der Waals surface area contributed by atoms with Crippen molar-refractivity contribution in [3.63, 3.8) is 0 Å². The van der Waals surface area contributed by atoms with Gasteiger partial charge in [-0.05, 0) is 22.3 Å². The summed E-state index contributed by atoms with van der Waals surface area (Å²) in [6, 6.07) is 12.6. The lowest BCUT2D eigenvalue weighted by Gasteiger charge is -2.09. The number of hydrogen-bond donors (Lipinski definition) is 0. The van der Waals surface area contributed by atoms with Crippen LogP contribution in [0.4, 0.5) is 22.0 Å². The molecule has 0 spiro atoms. The van der Waals surface area contributed by atoms with Crippen molar-refractivity contribution >= 4 is 0 Å². The highest BCUT2D eigenvalue weighted by Crippen LogP contribution is 2.26. The fraction of sp³-hybridized carbons (Fsp3) is 0.250. The molecule has 2 aromatic carbocycles. The quantitative estimate of drug-likeness (QED) is 0.675. The smallest absolute Gasteiger partial charge is 0.210 e. The molecule has 0 saturated heterocycles. The summed E-state index contributed by atoms with van der Waals surface area (Å²) in [6.45, 7) is 0. The molecule has 112 valence electrons. The van der Waals surface area contributed by atoms with Gasteiger partial charge in [-0.2, -0.15) is 13.2 Å². The summed E-state index contributed by atoms with van der Waals surface area (Å²) >= 11 is 0. The van der Waals surface area contributed by atoms with E-state index in [4.69, 9.17) is 0 Å². The van der Waals surface area contributed by atoms with E-state index in [1.165, 1.54) is 12.1 Å². The third-order valence-corrected chi connectivity index (χ3v) is 3.01. The maximum atomic E-state index is 12.4. The van der Waals surface area contributed by atoms with E-state index in [1.54, 1.807) is 36.4 Å². The second-order valence-electron chi connectivity index (χ2n) is 4.78. The minimum atomic E-state index is -4.25. The Kier molecular flexibility index (Phi) is 4.60. The van der Waals surface area contributed by atoms with E-state index < -0.39 is 19.0 Å². The standard InChI is InChI=1S/C16H13F5/c17-15(18)9-11-4-6-13(7-5-11)14-3-1-2-12(8-14)10-16(19,20)21/h1-8,15H,9-10H2. The normalized spacial score (nSPS) is 11.9. The van der Waals surface area contributed by atoms with Crippen molar-refractivity contribution in [3.8, 4) is 11.1 Å². The van der Waals surface area contributed by atoms with Crippen LogP contribution in [0.3, 0.4) is 0 Å². The average molecular weight is 300 g/mol. The van der Waals surface area contributed by atoms with E-state index >= 15 is 0 Å². The SMILES string of the molecule is FC(F)Cc1ccc(-c2cccc(CC(F)(F)F)c2)cc1. The Bertz CT molecular complexity index is 584. The molecule has 0 bridgehead atoms. The Morgan fingerprint density at radius 2 is 1.48 bits per heavy atom. The molecule has 0 unspecified atom stereocenters. The van der Waals surface area contributed by atoms with Crippen LogP contribution >= 0.6 is 0 Å². The summed E-state index contributed by atoms with van der Waals surface area (Å²) in [5.41, 5.74) is 2.02. The van der Waals surface area contributed by atoms with Crippen LogP contribution in [0.2, 0.25) is 0 Å². The van der Waals surface area contributed by atoms with E-state index in [0.29, 0.717) is 16.7 Å². The molecule has 0 atom stereocenters. The molecule has 0 aliphatic heterocycles. The second kappa shape index (κ2) is 6.24. The van der Waals surface area contributed by atoms with Crippen LogP contribution in [0.1, 0.15) is 11.1 Å². The van der Waals surface area contributed by atoms with E-state index in [-0.39, 0.29) is 12.0 Å². The molecular formula is C16H13F5. The molecule has 0 fully saturated rings. The van der Waals surface area contributed by atoms with Crippen molar-refractivity contribution in [2.24, 2.45) is 0 Å². The summed E-state index contributed by atoms with van der Waals surface area (Å²) in [5.74, 6) is 0. The third kappa shape index (κ3) is 4.85. The number of alkyl halides is 5. The number of benzene rings is 2. The van der Waals surface area contributed by atoms with Crippen molar-refractivity contribution in [2.75, 3.05) is 0 Å². The summed E-state index contributed by atoms with van der Waals surface area (Å²) in [4.78, 5) is 0. The topological polar surface area (TPSA) is 0 Å². The zero-order chi connectivity index (χ0) is 15.5. The molecule has 5 heteroatoms. The molecule has 0 aromatic heterocycles. The molecule has 0 aliphatic carbocycles. The number of hydrogen-bond acceptors (Lipinski definition) is 0. The first-order valence-corrected chi connectivity index (χ1v) is 6.37. The maximum Gasteiger partial charge on any atom is 0.393 e. The molecule has 0 heterocycles. The highest BCUT2D eigenvalue weighted by molar-refractivity contribution is 5.64. The van der Waals surface area contributed by atoms with Crippen LogP contribution in [-0.4, -0.2) is 12.6 Å². The average Bonchev–Trinajstić information content (AvgIpc) is 2.37. The zero-order valence-corrected chi connectivity index (χ0v) is 11.0. The molecule has 0 nitrogen and oxygen atoms in total. The van der Waals surface area contributed by atoms with E-state index in [9.17, 15) is 22.0 Å². The number of rotatable bonds is 4. The van der Waals surface area contributed by atoms with E-state index in [0.717, 1.165) is 0 Å². The van der Waals surface area contributed by atoms with Gasteiger partial charge < -0.3 is 0 Å². The highest BCUT2D eigenvalue weighted by atomic mass is 19.4. The van der Waals surface area contributed by atoms with Crippen LogP contribution in [0.15, 0.2) is 48.5 Å². The van der Waals surface area contributed by atoms with Gasteiger partial charge in [-0.1, -0.05) is 48.5 Å². The summed E-state index contributed by atoms with van der Waals surface area (Å²) in [5, 5.41) is 0. The molecule has 2 aromatic rings. The lowest BCUT2D eigenvalue weighted by molar-refractivity contribution is -0.127. The number of halogens is 5. The van der Waals surface area contributed by atoms with Gasteiger partial charge in [0.05, 0.1) is 6.42 Å². The van der Waals surface area contributed by atoms with Gasteiger partial charge >= 0.3 is 6.18 Å². The molecule has 0 aliphatic rings. The van der Waals surface area contributed by atoms with E-state index in [1.807, 2.05) is 0 Å². The minimum Gasteiger partial charge on any atom is -0.210 e. The third-order valence-electron chi connectivity index (χ3n) is 3.01.